The molecule has 0 spiro atoms. The summed E-state index contributed by atoms with van der Waals surface area (Å²) in [6.07, 6.45) is 0. The number of hydrogen-bond donors (Lipinski definition) is 3. The van der Waals surface area contributed by atoms with Crippen molar-refractivity contribution in [1.29, 1.82) is 0 Å². The molecule has 0 saturated heterocycles. The molecule has 0 unspecified atom stereocenters. The highest BCUT2D eigenvalue weighted by Crippen LogP contribution is 1.81. The van der Waals surface area contributed by atoms with Gasteiger partial charge in [0.1, 0.15) is 0 Å². The van der Waals surface area contributed by atoms with Crippen LogP contribution in [0.4, 0.5) is 0 Å². The summed E-state index contributed by atoms with van der Waals surface area (Å²) < 4.78 is 5.40. The van der Waals surface area contributed by atoms with E-state index in [0.717, 1.165) is 13.2 Å². The van der Waals surface area contributed by atoms with E-state index in [4.69, 9.17) is 10.6 Å². The average molecular weight is 231 g/mol. The van der Waals surface area contributed by atoms with Gasteiger partial charge in [0, 0.05) is 12.6 Å². The molecule has 0 rings (SSSR count). The van der Waals surface area contributed by atoms with Crippen molar-refractivity contribution in [3.63, 3.8) is 0 Å². The monoisotopic (exact) mass is 231 g/mol. The second-order valence-electron chi connectivity index (χ2n) is 4.09. The van der Waals surface area contributed by atoms with E-state index in [0.29, 0.717) is 25.2 Å². The molecule has 0 aliphatic rings. The van der Waals surface area contributed by atoms with Gasteiger partial charge >= 0.3 is 0 Å². The Morgan fingerprint density at radius 2 is 2.06 bits per heavy atom. The van der Waals surface area contributed by atoms with E-state index < -0.39 is 0 Å². The van der Waals surface area contributed by atoms with E-state index >= 15 is 0 Å². The largest absolute Gasteiger partial charge is 0.378 e. The molecule has 0 aliphatic carbocycles. The summed E-state index contributed by atoms with van der Waals surface area (Å²) in [7, 11) is 4.04. The van der Waals surface area contributed by atoms with E-state index in [9.17, 15) is 0 Å². The minimum absolute atomic E-state index is 0.310. The van der Waals surface area contributed by atoms with E-state index in [-0.39, 0.29) is 0 Å². The average Bonchev–Trinajstić information content (AvgIpc) is 2.20. The highest BCUT2D eigenvalue weighted by molar-refractivity contribution is 5.79. The van der Waals surface area contributed by atoms with Crippen LogP contribution in [0.1, 0.15) is 13.8 Å². The minimum atomic E-state index is 0.310. The van der Waals surface area contributed by atoms with Gasteiger partial charge in [-0.3, -0.25) is 5.43 Å². The number of ether oxygens (including phenoxy) is 1. The second-order valence-corrected chi connectivity index (χ2v) is 4.09. The molecular formula is C10H25N5O. The number of rotatable bonds is 7. The number of nitrogens with zero attached hydrogens (tertiary/aromatic N) is 2. The van der Waals surface area contributed by atoms with Gasteiger partial charge in [0.05, 0.1) is 19.8 Å². The lowest BCUT2D eigenvalue weighted by Crippen LogP contribution is -2.44. The molecule has 0 bridgehead atoms. The van der Waals surface area contributed by atoms with Crippen molar-refractivity contribution in [3.05, 3.63) is 0 Å². The molecule has 96 valence electrons. The van der Waals surface area contributed by atoms with Gasteiger partial charge in [-0.2, -0.15) is 0 Å². The van der Waals surface area contributed by atoms with Crippen LogP contribution in [0.5, 0.6) is 0 Å². The van der Waals surface area contributed by atoms with Crippen molar-refractivity contribution in [3.8, 4) is 0 Å². The molecule has 6 nitrogen and oxygen atoms in total. The SMILES string of the molecule is CC(C)NC(=NCCOCCN(C)C)NN. The van der Waals surface area contributed by atoms with Crippen LogP contribution in [-0.4, -0.2) is 57.3 Å². The summed E-state index contributed by atoms with van der Waals surface area (Å²) in [5.74, 6) is 5.91. The third-order valence-corrected chi connectivity index (χ3v) is 1.75. The topological polar surface area (TPSA) is 74.9 Å². The van der Waals surface area contributed by atoms with Gasteiger partial charge < -0.3 is 15.0 Å². The molecule has 16 heavy (non-hydrogen) atoms. The van der Waals surface area contributed by atoms with Crippen LogP contribution < -0.4 is 16.6 Å². The van der Waals surface area contributed by atoms with Gasteiger partial charge in [0.2, 0.25) is 5.96 Å². The van der Waals surface area contributed by atoms with Crippen LogP contribution in [-0.2, 0) is 4.74 Å². The Kier molecular flexibility index (Phi) is 8.88. The molecule has 0 aromatic rings. The van der Waals surface area contributed by atoms with Gasteiger partial charge in [0.15, 0.2) is 0 Å². The lowest BCUT2D eigenvalue weighted by atomic mass is 10.4. The van der Waals surface area contributed by atoms with Crippen molar-refractivity contribution >= 4 is 5.96 Å². The van der Waals surface area contributed by atoms with Crippen molar-refractivity contribution in [1.82, 2.24) is 15.6 Å². The summed E-state index contributed by atoms with van der Waals surface area (Å²) in [4.78, 5) is 6.31. The number of hydrogen-bond acceptors (Lipinski definition) is 4. The molecule has 4 N–H and O–H groups in total. The van der Waals surface area contributed by atoms with Crippen molar-refractivity contribution in [2.24, 2.45) is 10.8 Å². The zero-order valence-electron chi connectivity index (χ0n) is 10.8. The Morgan fingerprint density at radius 3 is 2.56 bits per heavy atom. The first-order chi connectivity index (χ1) is 7.56. The first kappa shape index (κ1) is 15.2. The summed E-state index contributed by atoms with van der Waals surface area (Å²) in [6, 6.07) is 0.310. The number of guanidine groups is 1. The van der Waals surface area contributed by atoms with Gasteiger partial charge in [-0.05, 0) is 27.9 Å². The maximum atomic E-state index is 5.40. The highest BCUT2D eigenvalue weighted by atomic mass is 16.5. The second kappa shape index (κ2) is 9.38. The molecule has 0 atom stereocenters. The number of nitrogens with one attached hydrogen (secondary N) is 2. The maximum absolute atomic E-state index is 5.40. The van der Waals surface area contributed by atoms with Crippen molar-refractivity contribution < 1.29 is 4.74 Å². The van der Waals surface area contributed by atoms with Crippen molar-refractivity contribution in [2.75, 3.05) is 40.4 Å². The molecule has 0 amide bonds. The Morgan fingerprint density at radius 1 is 1.38 bits per heavy atom. The fraction of sp³-hybridized carbons (Fsp3) is 0.900. The van der Waals surface area contributed by atoms with E-state index in [1.807, 2.05) is 27.9 Å². The van der Waals surface area contributed by atoms with Gasteiger partial charge in [-0.1, -0.05) is 0 Å². The van der Waals surface area contributed by atoms with Gasteiger partial charge in [0.25, 0.3) is 0 Å². The zero-order valence-corrected chi connectivity index (χ0v) is 10.8. The normalized spacial score (nSPS) is 12.3. The molecule has 0 heterocycles. The maximum Gasteiger partial charge on any atom is 0.206 e. The molecule has 0 aromatic heterocycles. The first-order valence-electron chi connectivity index (χ1n) is 5.56. The van der Waals surface area contributed by atoms with Crippen LogP contribution in [0.15, 0.2) is 4.99 Å². The van der Waals surface area contributed by atoms with Crippen LogP contribution >= 0.6 is 0 Å². The lowest BCUT2D eigenvalue weighted by molar-refractivity contribution is 0.124. The summed E-state index contributed by atoms with van der Waals surface area (Å²) in [5, 5.41) is 3.09. The fourth-order valence-corrected chi connectivity index (χ4v) is 0.978. The molecule has 0 saturated carbocycles. The fourth-order valence-electron chi connectivity index (χ4n) is 0.978. The first-order valence-corrected chi connectivity index (χ1v) is 5.56. The van der Waals surface area contributed by atoms with E-state index in [1.165, 1.54) is 0 Å². The predicted octanol–water partition coefficient (Wildman–Crippen LogP) is -0.618. The molecule has 0 fully saturated rings. The molecular weight excluding hydrogens is 206 g/mol. The van der Waals surface area contributed by atoms with Crippen LogP contribution in [0.25, 0.3) is 0 Å². The molecule has 0 radical (unpaired) electrons. The molecule has 0 aliphatic heterocycles. The lowest BCUT2D eigenvalue weighted by Gasteiger charge is -2.12. The van der Waals surface area contributed by atoms with Crippen molar-refractivity contribution in [2.45, 2.75) is 19.9 Å². The zero-order chi connectivity index (χ0) is 12.4. The van der Waals surface area contributed by atoms with Gasteiger partial charge in [-0.25, -0.2) is 10.8 Å². The molecule has 0 aromatic carbocycles. The predicted molar refractivity (Wildman–Crippen MR) is 67.3 cm³/mol. The standard InChI is InChI=1S/C10H25N5O/c1-9(2)13-10(14-11)12-5-7-16-8-6-15(3)4/h9H,5-8,11H2,1-4H3,(H2,12,13,14). The summed E-state index contributed by atoms with van der Waals surface area (Å²) in [5.41, 5.74) is 2.52. The number of nitrogens with two attached hydrogens (primary N) is 1. The quantitative estimate of drug-likeness (QED) is 0.179. The third-order valence-electron chi connectivity index (χ3n) is 1.75. The van der Waals surface area contributed by atoms with Crippen LogP contribution in [0, 0.1) is 0 Å². The Labute approximate surface area is 98.2 Å². The summed E-state index contributed by atoms with van der Waals surface area (Å²) >= 11 is 0. The highest BCUT2D eigenvalue weighted by Gasteiger charge is 1.97. The van der Waals surface area contributed by atoms with Gasteiger partial charge in [-0.15, -0.1) is 0 Å². The Hall–Kier alpha value is -0.850. The number of hydrazine groups is 1. The summed E-state index contributed by atoms with van der Waals surface area (Å²) in [6.45, 7) is 6.92. The van der Waals surface area contributed by atoms with Crippen LogP contribution in [0.3, 0.4) is 0 Å². The number of likely N-dealkylation sites (N-methyl/N-ethyl adjacent to an activating group) is 1. The van der Waals surface area contributed by atoms with E-state index in [1.54, 1.807) is 0 Å². The third kappa shape index (κ3) is 9.70. The molecule has 6 heteroatoms. The van der Waals surface area contributed by atoms with E-state index in [2.05, 4.69) is 20.6 Å². The smallest absolute Gasteiger partial charge is 0.206 e. The Balaban J connectivity index is 3.55. The Bertz CT molecular complexity index is 194. The minimum Gasteiger partial charge on any atom is -0.378 e. The number of aliphatic imine (C=N–C) groups is 1. The van der Waals surface area contributed by atoms with Crippen LogP contribution in [0.2, 0.25) is 0 Å².